The summed E-state index contributed by atoms with van der Waals surface area (Å²) in [7, 11) is 0. The molecule has 3 rings (SSSR count). The first-order chi connectivity index (χ1) is 9.22. The second-order valence-electron chi connectivity index (χ2n) is 4.82. The summed E-state index contributed by atoms with van der Waals surface area (Å²) >= 11 is 0. The Labute approximate surface area is 110 Å². The average Bonchev–Trinajstić information content (AvgIpc) is 3.03. The van der Waals surface area contributed by atoms with Gasteiger partial charge in [0.25, 0.3) is 0 Å². The van der Waals surface area contributed by atoms with Gasteiger partial charge in [-0.25, -0.2) is 4.79 Å². The molecule has 0 saturated carbocycles. The zero-order chi connectivity index (χ0) is 13.2. The van der Waals surface area contributed by atoms with E-state index in [1.807, 2.05) is 6.07 Å². The Morgan fingerprint density at radius 1 is 1.42 bits per heavy atom. The summed E-state index contributed by atoms with van der Waals surface area (Å²) in [5.41, 5.74) is 1.58. The molecule has 1 N–H and O–H groups in total. The second kappa shape index (κ2) is 4.91. The fraction of sp³-hybridized carbons (Fsp3) is 0.429. The van der Waals surface area contributed by atoms with Crippen LogP contribution in [0.4, 0.5) is 0 Å². The molecule has 0 spiro atoms. The van der Waals surface area contributed by atoms with Crippen LogP contribution in [0.25, 0.3) is 0 Å². The van der Waals surface area contributed by atoms with E-state index in [0.717, 1.165) is 24.2 Å². The van der Waals surface area contributed by atoms with Crippen LogP contribution >= 0.6 is 0 Å². The van der Waals surface area contributed by atoms with E-state index in [9.17, 15) is 9.59 Å². The lowest BCUT2D eigenvalue weighted by molar-refractivity contribution is -0.119. The summed E-state index contributed by atoms with van der Waals surface area (Å²) in [5, 5.41) is 2.77. The highest BCUT2D eigenvalue weighted by Gasteiger charge is 2.22. The van der Waals surface area contributed by atoms with Gasteiger partial charge in [-0.2, -0.15) is 0 Å². The van der Waals surface area contributed by atoms with Crippen molar-refractivity contribution in [3.63, 3.8) is 0 Å². The van der Waals surface area contributed by atoms with Gasteiger partial charge in [0, 0.05) is 12.8 Å². The van der Waals surface area contributed by atoms with Gasteiger partial charge < -0.3 is 14.8 Å². The van der Waals surface area contributed by atoms with Crippen LogP contribution in [-0.2, 0) is 16.0 Å². The molecule has 5 nitrogen and oxygen atoms in total. The Hall–Kier alpha value is -2.04. The number of amides is 1. The van der Waals surface area contributed by atoms with Crippen LogP contribution < -0.4 is 10.1 Å². The number of hydrogen-bond donors (Lipinski definition) is 1. The van der Waals surface area contributed by atoms with E-state index in [0.29, 0.717) is 18.6 Å². The number of esters is 1. The Kier molecular flexibility index (Phi) is 3.11. The van der Waals surface area contributed by atoms with Gasteiger partial charge in [0.05, 0.1) is 18.2 Å². The van der Waals surface area contributed by atoms with Gasteiger partial charge in [-0.15, -0.1) is 0 Å². The summed E-state index contributed by atoms with van der Waals surface area (Å²) in [5.74, 6) is 0.520. The molecule has 0 aromatic heterocycles. The molecule has 0 bridgehead atoms. The smallest absolute Gasteiger partial charge is 0.338 e. The van der Waals surface area contributed by atoms with Crippen LogP contribution in [0, 0.1) is 0 Å². The molecular weight excluding hydrogens is 246 g/mol. The van der Waals surface area contributed by atoms with Crippen LogP contribution in [0.5, 0.6) is 5.75 Å². The first kappa shape index (κ1) is 12.0. The molecule has 1 saturated heterocycles. The molecule has 5 heteroatoms. The van der Waals surface area contributed by atoms with E-state index in [1.165, 1.54) is 0 Å². The minimum Gasteiger partial charge on any atom is -0.493 e. The molecule has 1 atom stereocenters. The summed E-state index contributed by atoms with van der Waals surface area (Å²) in [4.78, 5) is 22.9. The van der Waals surface area contributed by atoms with Gasteiger partial charge >= 0.3 is 5.97 Å². The fourth-order valence-electron chi connectivity index (χ4n) is 2.38. The third-order valence-electron chi connectivity index (χ3n) is 3.43. The van der Waals surface area contributed by atoms with Crippen LogP contribution in [0.3, 0.4) is 0 Å². The Bertz CT molecular complexity index is 526. The highest BCUT2D eigenvalue weighted by Crippen LogP contribution is 2.26. The number of nitrogens with one attached hydrogen (secondary N) is 1. The van der Waals surface area contributed by atoms with E-state index < -0.39 is 0 Å². The van der Waals surface area contributed by atoms with Crippen LogP contribution in [0.15, 0.2) is 18.2 Å². The zero-order valence-corrected chi connectivity index (χ0v) is 10.5. The number of carbonyl (C=O) groups is 2. The second-order valence-corrected chi connectivity index (χ2v) is 4.82. The maximum absolute atomic E-state index is 11.9. The SMILES string of the molecule is O=C1CCC(COC(=O)c2ccc3c(c2)CCO3)N1. The van der Waals surface area contributed by atoms with Gasteiger partial charge in [-0.3, -0.25) is 4.79 Å². The van der Waals surface area contributed by atoms with Crippen molar-refractivity contribution in [2.24, 2.45) is 0 Å². The Balaban J connectivity index is 1.59. The first-order valence-electron chi connectivity index (χ1n) is 6.44. The molecule has 1 amide bonds. The molecule has 2 aliphatic heterocycles. The highest BCUT2D eigenvalue weighted by atomic mass is 16.5. The van der Waals surface area contributed by atoms with E-state index in [4.69, 9.17) is 9.47 Å². The molecule has 1 fully saturated rings. The van der Waals surface area contributed by atoms with Gasteiger partial charge in [-0.05, 0) is 30.2 Å². The molecule has 1 aromatic rings. The standard InChI is InChI=1S/C14H15NO4/c16-13-4-2-11(15-13)8-19-14(17)10-1-3-12-9(7-10)5-6-18-12/h1,3,7,11H,2,4-6,8H2,(H,15,16). The fourth-order valence-corrected chi connectivity index (χ4v) is 2.38. The van der Waals surface area contributed by atoms with E-state index in [-0.39, 0.29) is 24.5 Å². The monoisotopic (exact) mass is 261 g/mol. The van der Waals surface area contributed by atoms with Crippen molar-refractivity contribution >= 4 is 11.9 Å². The summed E-state index contributed by atoms with van der Waals surface area (Å²) < 4.78 is 10.6. The van der Waals surface area contributed by atoms with Crippen molar-refractivity contribution < 1.29 is 19.1 Å². The lowest BCUT2D eigenvalue weighted by atomic mass is 10.1. The topological polar surface area (TPSA) is 64.6 Å². The summed E-state index contributed by atoms with van der Waals surface area (Å²) in [6.07, 6.45) is 2.07. The highest BCUT2D eigenvalue weighted by molar-refractivity contribution is 5.90. The third-order valence-corrected chi connectivity index (χ3v) is 3.43. The van der Waals surface area contributed by atoms with Gasteiger partial charge in [-0.1, -0.05) is 0 Å². The number of carbonyl (C=O) groups excluding carboxylic acids is 2. The van der Waals surface area contributed by atoms with Crippen molar-refractivity contribution in [3.8, 4) is 5.75 Å². The molecule has 2 aliphatic rings. The molecule has 100 valence electrons. The largest absolute Gasteiger partial charge is 0.493 e. The Morgan fingerprint density at radius 3 is 3.11 bits per heavy atom. The van der Waals surface area contributed by atoms with Crippen LogP contribution in [-0.4, -0.2) is 31.1 Å². The number of rotatable bonds is 3. The van der Waals surface area contributed by atoms with Gasteiger partial charge in [0.1, 0.15) is 12.4 Å². The quantitative estimate of drug-likeness (QED) is 0.826. The maximum Gasteiger partial charge on any atom is 0.338 e. The van der Waals surface area contributed by atoms with E-state index in [2.05, 4.69) is 5.32 Å². The molecule has 2 heterocycles. The lowest BCUT2D eigenvalue weighted by Crippen LogP contribution is -2.30. The predicted octanol–water partition coefficient (Wildman–Crippen LogP) is 1.06. The van der Waals surface area contributed by atoms with Crippen molar-refractivity contribution in [1.29, 1.82) is 0 Å². The molecule has 1 unspecified atom stereocenters. The molecule has 0 radical (unpaired) electrons. The summed E-state index contributed by atoms with van der Waals surface area (Å²) in [6.45, 7) is 0.903. The van der Waals surface area contributed by atoms with Crippen molar-refractivity contribution in [3.05, 3.63) is 29.3 Å². The van der Waals surface area contributed by atoms with Gasteiger partial charge in [0.15, 0.2) is 0 Å². The predicted molar refractivity (Wildman–Crippen MR) is 67.1 cm³/mol. The van der Waals surface area contributed by atoms with Crippen LogP contribution in [0.1, 0.15) is 28.8 Å². The number of hydrogen-bond acceptors (Lipinski definition) is 4. The van der Waals surface area contributed by atoms with Crippen molar-refractivity contribution in [2.75, 3.05) is 13.2 Å². The number of benzene rings is 1. The maximum atomic E-state index is 11.9. The van der Waals surface area contributed by atoms with E-state index >= 15 is 0 Å². The van der Waals surface area contributed by atoms with E-state index in [1.54, 1.807) is 12.1 Å². The molecule has 1 aromatic carbocycles. The molecule has 19 heavy (non-hydrogen) atoms. The van der Waals surface area contributed by atoms with Crippen molar-refractivity contribution in [2.45, 2.75) is 25.3 Å². The average molecular weight is 261 g/mol. The minimum atomic E-state index is -0.351. The minimum absolute atomic E-state index is 0.0238. The first-order valence-corrected chi connectivity index (χ1v) is 6.44. The molecule has 0 aliphatic carbocycles. The molecular formula is C14H15NO4. The third kappa shape index (κ3) is 2.54. The number of fused-ring (bicyclic) bond motifs is 1. The summed E-state index contributed by atoms with van der Waals surface area (Å²) in [6, 6.07) is 5.28. The van der Waals surface area contributed by atoms with Crippen LogP contribution in [0.2, 0.25) is 0 Å². The Morgan fingerprint density at radius 2 is 2.32 bits per heavy atom. The van der Waals surface area contributed by atoms with Gasteiger partial charge in [0.2, 0.25) is 5.91 Å². The lowest BCUT2D eigenvalue weighted by Gasteiger charge is -2.11. The number of ether oxygens (including phenoxy) is 2. The van der Waals surface area contributed by atoms with Crippen molar-refractivity contribution in [1.82, 2.24) is 5.32 Å². The zero-order valence-electron chi connectivity index (χ0n) is 10.5. The normalized spacial score (nSPS) is 20.6.